The van der Waals surface area contributed by atoms with E-state index in [-0.39, 0.29) is 5.69 Å². The molecule has 100 valence electrons. The lowest BCUT2D eigenvalue weighted by atomic mass is 9.98. The average molecular weight is 261 g/mol. The largest absolute Gasteiger partial charge is 0.494 e. The van der Waals surface area contributed by atoms with E-state index in [1.807, 2.05) is 32.0 Å². The molecule has 3 nitrogen and oxygen atoms in total. The number of methoxy groups -OCH3 is 1. The summed E-state index contributed by atoms with van der Waals surface area (Å²) in [6, 6.07) is 7.15. The van der Waals surface area contributed by atoms with E-state index in [0.717, 1.165) is 16.7 Å². The number of aryl methyl sites for hydroxylation is 2. The van der Waals surface area contributed by atoms with Crippen molar-refractivity contribution in [1.29, 1.82) is 0 Å². The van der Waals surface area contributed by atoms with Crippen molar-refractivity contribution in [3.8, 4) is 17.0 Å². The second kappa shape index (κ2) is 5.36. The van der Waals surface area contributed by atoms with Gasteiger partial charge >= 0.3 is 0 Å². The Morgan fingerprint density at radius 1 is 1.26 bits per heavy atom. The smallest absolute Gasteiger partial charge is 0.150 e. The van der Waals surface area contributed by atoms with Crippen LogP contribution in [0.25, 0.3) is 11.3 Å². The van der Waals surface area contributed by atoms with Crippen molar-refractivity contribution >= 4 is 0 Å². The number of aliphatic hydroxyl groups excluding tert-OH is 1. The summed E-state index contributed by atoms with van der Waals surface area (Å²) in [6.07, 6.45) is 0. The van der Waals surface area contributed by atoms with E-state index >= 15 is 0 Å². The lowest BCUT2D eigenvalue weighted by Gasteiger charge is -2.14. The number of nitrogens with zero attached hydrogens (tertiary/aromatic N) is 1. The molecule has 1 heterocycles. The molecule has 0 aliphatic rings. The van der Waals surface area contributed by atoms with Gasteiger partial charge in [-0.3, -0.25) is 0 Å². The van der Waals surface area contributed by atoms with Gasteiger partial charge in [-0.25, -0.2) is 9.37 Å². The summed E-state index contributed by atoms with van der Waals surface area (Å²) in [5.74, 6) is -0.193. The summed E-state index contributed by atoms with van der Waals surface area (Å²) in [5, 5.41) is 9.15. The molecule has 0 unspecified atom stereocenters. The van der Waals surface area contributed by atoms with Crippen molar-refractivity contribution in [3.63, 3.8) is 0 Å². The van der Waals surface area contributed by atoms with E-state index in [1.54, 1.807) is 0 Å². The van der Waals surface area contributed by atoms with Crippen LogP contribution in [0, 0.1) is 19.7 Å². The number of rotatable bonds is 3. The number of aromatic nitrogens is 1. The second-order valence-corrected chi connectivity index (χ2v) is 4.39. The van der Waals surface area contributed by atoms with Crippen molar-refractivity contribution in [2.75, 3.05) is 7.11 Å². The molecule has 1 aromatic carbocycles. The first-order valence-corrected chi connectivity index (χ1v) is 5.99. The molecule has 0 saturated heterocycles. The summed E-state index contributed by atoms with van der Waals surface area (Å²) < 4.78 is 18.8. The molecule has 1 N–H and O–H groups in total. The van der Waals surface area contributed by atoms with Crippen LogP contribution < -0.4 is 4.74 Å². The molecular formula is C15H16FNO2. The number of ether oxygens (including phenoxy) is 1. The molecule has 4 heteroatoms. The van der Waals surface area contributed by atoms with Crippen molar-refractivity contribution in [2.45, 2.75) is 20.5 Å². The Morgan fingerprint density at radius 3 is 2.42 bits per heavy atom. The molecule has 2 rings (SSSR count). The topological polar surface area (TPSA) is 42.4 Å². The lowest BCUT2D eigenvalue weighted by Crippen LogP contribution is -2.02. The zero-order valence-electron chi connectivity index (χ0n) is 11.2. The van der Waals surface area contributed by atoms with Gasteiger partial charge in [-0.2, -0.15) is 0 Å². The maximum Gasteiger partial charge on any atom is 0.150 e. The van der Waals surface area contributed by atoms with E-state index < -0.39 is 12.4 Å². The highest BCUT2D eigenvalue weighted by Crippen LogP contribution is 2.34. The van der Waals surface area contributed by atoms with Crippen LogP contribution in [0.4, 0.5) is 4.39 Å². The minimum Gasteiger partial charge on any atom is -0.494 e. The number of hydrogen-bond acceptors (Lipinski definition) is 3. The summed E-state index contributed by atoms with van der Waals surface area (Å²) in [5.41, 5.74) is 3.55. The van der Waals surface area contributed by atoms with Gasteiger partial charge < -0.3 is 9.84 Å². The summed E-state index contributed by atoms with van der Waals surface area (Å²) >= 11 is 0. The minimum atomic E-state index is -0.561. The van der Waals surface area contributed by atoms with Gasteiger partial charge in [0.25, 0.3) is 0 Å². The van der Waals surface area contributed by atoms with E-state index in [9.17, 15) is 4.39 Å². The summed E-state index contributed by atoms with van der Waals surface area (Å²) in [7, 11) is 1.48. The Balaban J connectivity index is 2.73. The Morgan fingerprint density at radius 2 is 1.89 bits per heavy atom. The lowest BCUT2D eigenvalue weighted by molar-refractivity contribution is 0.269. The Hall–Kier alpha value is -1.94. The van der Waals surface area contributed by atoms with Crippen LogP contribution in [0.1, 0.15) is 16.8 Å². The van der Waals surface area contributed by atoms with Crippen LogP contribution in [0.5, 0.6) is 5.75 Å². The highest BCUT2D eigenvalue weighted by molar-refractivity contribution is 5.72. The minimum absolute atomic E-state index is 0.0263. The van der Waals surface area contributed by atoms with Gasteiger partial charge in [-0.15, -0.1) is 0 Å². The van der Waals surface area contributed by atoms with Crippen LogP contribution in [-0.2, 0) is 6.61 Å². The van der Waals surface area contributed by atoms with E-state index in [4.69, 9.17) is 9.84 Å². The predicted molar refractivity (Wildman–Crippen MR) is 71.6 cm³/mol. The van der Waals surface area contributed by atoms with Gasteiger partial charge in [-0.1, -0.05) is 18.2 Å². The zero-order chi connectivity index (χ0) is 14.0. The third kappa shape index (κ3) is 2.44. The number of aliphatic hydroxyl groups is 1. The molecular weight excluding hydrogens is 245 g/mol. The van der Waals surface area contributed by atoms with E-state index in [0.29, 0.717) is 11.4 Å². The molecule has 0 radical (unpaired) electrons. The first-order chi connectivity index (χ1) is 9.08. The Kier molecular flexibility index (Phi) is 3.81. The SMILES string of the molecule is COc1cc(F)c(CO)nc1-c1c(C)cccc1C. The normalized spacial score (nSPS) is 10.6. The fourth-order valence-electron chi connectivity index (χ4n) is 2.14. The van der Waals surface area contributed by atoms with Gasteiger partial charge in [0.1, 0.15) is 17.1 Å². The van der Waals surface area contributed by atoms with Crippen LogP contribution in [-0.4, -0.2) is 17.2 Å². The average Bonchev–Trinajstić information content (AvgIpc) is 2.39. The maximum absolute atomic E-state index is 13.6. The maximum atomic E-state index is 13.6. The third-order valence-corrected chi connectivity index (χ3v) is 3.10. The van der Waals surface area contributed by atoms with E-state index in [1.165, 1.54) is 13.2 Å². The zero-order valence-corrected chi connectivity index (χ0v) is 11.2. The molecule has 0 saturated carbocycles. The van der Waals surface area contributed by atoms with Crippen molar-refractivity contribution in [1.82, 2.24) is 4.98 Å². The van der Waals surface area contributed by atoms with Crippen LogP contribution in [0.15, 0.2) is 24.3 Å². The second-order valence-electron chi connectivity index (χ2n) is 4.39. The third-order valence-electron chi connectivity index (χ3n) is 3.10. The number of pyridine rings is 1. The van der Waals surface area contributed by atoms with Gasteiger partial charge in [0.2, 0.25) is 0 Å². The van der Waals surface area contributed by atoms with Crippen LogP contribution in [0.2, 0.25) is 0 Å². The van der Waals surface area contributed by atoms with Gasteiger partial charge in [0, 0.05) is 11.6 Å². The molecule has 0 fully saturated rings. The van der Waals surface area contributed by atoms with Crippen LogP contribution in [0.3, 0.4) is 0 Å². The predicted octanol–water partition coefficient (Wildman–Crippen LogP) is 3.01. The van der Waals surface area contributed by atoms with Gasteiger partial charge in [0.05, 0.1) is 13.7 Å². The highest BCUT2D eigenvalue weighted by atomic mass is 19.1. The first-order valence-electron chi connectivity index (χ1n) is 5.99. The molecule has 0 aliphatic carbocycles. The Labute approximate surface area is 111 Å². The molecule has 2 aromatic rings. The van der Waals surface area contributed by atoms with E-state index in [2.05, 4.69) is 4.98 Å². The number of benzene rings is 1. The number of hydrogen-bond donors (Lipinski definition) is 1. The highest BCUT2D eigenvalue weighted by Gasteiger charge is 2.16. The quantitative estimate of drug-likeness (QED) is 0.923. The number of halogens is 1. The van der Waals surface area contributed by atoms with Crippen molar-refractivity contribution in [2.24, 2.45) is 0 Å². The van der Waals surface area contributed by atoms with Crippen molar-refractivity contribution in [3.05, 3.63) is 46.9 Å². The standard InChI is InChI=1S/C15H16FNO2/c1-9-5-4-6-10(2)14(9)15-13(19-3)7-11(16)12(8-18)17-15/h4-7,18H,8H2,1-3H3. The fraction of sp³-hybridized carbons (Fsp3) is 0.267. The molecule has 19 heavy (non-hydrogen) atoms. The monoisotopic (exact) mass is 261 g/mol. The molecule has 0 bridgehead atoms. The summed E-state index contributed by atoms with van der Waals surface area (Å²) in [4.78, 5) is 4.20. The fourth-order valence-corrected chi connectivity index (χ4v) is 2.14. The van der Waals surface area contributed by atoms with Gasteiger partial charge in [-0.05, 0) is 25.0 Å². The van der Waals surface area contributed by atoms with Crippen molar-refractivity contribution < 1.29 is 14.2 Å². The molecule has 0 atom stereocenters. The molecule has 0 amide bonds. The summed E-state index contributed by atoms with van der Waals surface area (Å²) in [6.45, 7) is 3.49. The first kappa shape index (κ1) is 13.5. The van der Waals surface area contributed by atoms with Gasteiger partial charge in [0.15, 0.2) is 5.82 Å². The molecule has 0 spiro atoms. The molecule has 1 aromatic heterocycles. The molecule has 0 aliphatic heterocycles. The Bertz CT molecular complexity index is 591. The van der Waals surface area contributed by atoms with Crippen LogP contribution >= 0.6 is 0 Å².